The van der Waals surface area contributed by atoms with E-state index < -0.39 is 0 Å². The number of benzene rings is 2. The Bertz CT molecular complexity index is 820. The standard InChI is InChI=1S/C20H19NO3/c1-21-11-10-15-12-17-19(24-13-23-17)20(22-2)18(15)16(21)9-8-14-6-4-3-5-7-14/h3-7,12,16H,10-11,13H2,1-2H3/t16-/m0/s1. The van der Waals surface area contributed by atoms with Crippen molar-refractivity contribution in [1.82, 2.24) is 4.90 Å². The fourth-order valence-corrected chi connectivity index (χ4v) is 3.29. The summed E-state index contributed by atoms with van der Waals surface area (Å²) in [5.41, 5.74) is 3.33. The van der Waals surface area contributed by atoms with Crippen molar-refractivity contribution in [2.75, 3.05) is 27.5 Å². The van der Waals surface area contributed by atoms with Crippen LogP contribution in [0.15, 0.2) is 36.4 Å². The lowest BCUT2D eigenvalue weighted by molar-refractivity contribution is 0.171. The number of rotatable bonds is 1. The van der Waals surface area contributed by atoms with Crippen LogP contribution >= 0.6 is 0 Å². The predicted molar refractivity (Wildman–Crippen MR) is 91.5 cm³/mol. The van der Waals surface area contributed by atoms with Crippen molar-refractivity contribution in [2.24, 2.45) is 0 Å². The SMILES string of the molecule is COc1c2c(cc3c1[C@H](C#Cc1ccccc1)N(C)CC3)OCO2. The van der Waals surface area contributed by atoms with Gasteiger partial charge < -0.3 is 14.2 Å². The molecule has 2 aliphatic heterocycles. The van der Waals surface area contributed by atoms with Crippen LogP contribution in [0.2, 0.25) is 0 Å². The first-order valence-electron chi connectivity index (χ1n) is 8.04. The van der Waals surface area contributed by atoms with E-state index in [2.05, 4.69) is 29.9 Å². The number of likely N-dealkylation sites (N-methyl/N-ethyl adjacent to an activating group) is 1. The van der Waals surface area contributed by atoms with Gasteiger partial charge in [0.05, 0.1) is 7.11 Å². The van der Waals surface area contributed by atoms with E-state index in [-0.39, 0.29) is 12.8 Å². The highest BCUT2D eigenvalue weighted by Crippen LogP contribution is 2.49. The van der Waals surface area contributed by atoms with E-state index >= 15 is 0 Å². The van der Waals surface area contributed by atoms with Crippen molar-refractivity contribution in [1.29, 1.82) is 0 Å². The number of hydrogen-bond acceptors (Lipinski definition) is 4. The molecule has 0 spiro atoms. The summed E-state index contributed by atoms with van der Waals surface area (Å²) in [5, 5.41) is 0. The second-order valence-corrected chi connectivity index (χ2v) is 5.98. The normalized spacial score (nSPS) is 18.5. The fraction of sp³-hybridized carbons (Fsp3) is 0.300. The summed E-state index contributed by atoms with van der Waals surface area (Å²) < 4.78 is 16.9. The number of methoxy groups -OCH3 is 1. The van der Waals surface area contributed by atoms with Crippen LogP contribution in [0.3, 0.4) is 0 Å². The van der Waals surface area contributed by atoms with Gasteiger partial charge in [-0.15, -0.1) is 0 Å². The van der Waals surface area contributed by atoms with E-state index in [0.29, 0.717) is 5.75 Å². The molecule has 0 saturated heterocycles. The molecule has 0 aliphatic carbocycles. The summed E-state index contributed by atoms with van der Waals surface area (Å²) in [6.45, 7) is 1.19. The Balaban J connectivity index is 1.82. The van der Waals surface area contributed by atoms with Gasteiger partial charge >= 0.3 is 0 Å². The summed E-state index contributed by atoms with van der Waals surface area (Å²) in [7, 11) is 3.77. The molecule has 0 radical (unpaired) electrons. The first-order chi connectivity index (χ1) is 11.8. The van der Waals surface area contributed by atoms with Crippen LogP contribution in [-0.4, -0.2) is 32.4 Å². The Morgan fingerprint density at radius 2 is 2.04 bits per heavy atom. The maximum Gasteiger partial charge on any atom is 0.231 e. The Morgan fingerprint density at radius 3 is 2.83 bits per heavy atom. The maximum absolute atomic E-state index is 5.69. The molecule has 0 N–H and O–H groups in total. The molecule has 2 aromatic rings. The van der Waals surface area contributed by atoms with Crippen molar-refractivity contribution in [3.63, 3.8) is 0 Å². The summed E-state index contributed by atoms with van der Waals surface area (Å²) in [6.07, 6.45) is 0.947. The zero-order valence-electron chi connectivity index (χ0n) is 13.8. The highest BCUT2D eigenvalue weighted by atomic mass is 16.7. The van der Waals surface area contributed by atoms with Crippen molar-refractivity contribution >= 4 is 0 Å². The smallest absolute Gasteiger partial charge is 0.231 e. The van der Waals surface area contributed by atoms with Gasteiger partial charge in [0.1, 0.15) is 6.04 Å². The van der Waals surface area contributed by atoms with Crippen LogP contribution in [0.5, 0.6) is 17.2 Å². The predicted octanol–water partition coefficient (Wildman–Crippen LogP) is 3.00. The van der Waals surface area contributed by atoms with Gasteiger partial charge in [0.15, 0.2) is 11.5 Å². The molecule has 1 atom stereocenters. The van der Waals surface area contributed by atoms with Crippen LogP contribution < -0.4 is 14.2 Å². The highest BCUT2D eigenvalue weighted by Gasteiger charge is 2.33. The maximum atomic E-state index is 5.69. The lowest BCUT2D eigenvalue weighted by Crippen LogP contribution is -2.31. The number of fused-ring (bicyclic) bond motifs is 2. The highest BCUT2D eigenvalue weighted by molar-refractivity contribution is 5.63. The van der Waals surface area contributed by atoms with Gasteiger partial charge in [-0.25, -0.2) is 0 Å². The zero-order chi connectivity index (χ0) is 16.5. The van der Waals surface area contributed by atoms with Gasteiger partial charge in [-0.3, -0.25) is 4.90 Å². The molecule has 4 rings (SSSR count). The van der Waals surface area contributed by atoms with Gasteiger partial charge in [0.25, 0.3) is 0 Å². The Labute approximate surface area is 141 Å². The average molecular weight is 321 g/mol. The van der Waals surface area contributed by atoms with Gasteiger partial charge in [-0.2, -0.15) is 0 Å². The minimum Gasteiger partial charge on any atom is -0.492 e. The number of nitrogens with zero attached hydrogens (tertiary/aromatic N) is 1. The van der Waals surface area contributed by atoms with Crippen molar-refractivity contribution in [3.05, 3.63) is 53.1 Å². The van der Waals surface area contributed by atoms with E-state index in [9.17, 15) is 0 Å². The van der Waals surface area contributed by atoms with Crippen molar-refractivity contribution in [2.45, 2.75) is 12.5 Å². The Kier molecular flexibility index (Phi) is 3.79. The van der Waals surface area contributed by atoms with Gasteiger partial charge in [-0.05, 0) is 37.2 Å². The van der Waals surface area contributed by atoms with E-state index in [1.54, 1.807) is 7.11 Å². The van der Waals surface area contributed by atoms with Crippen LogP contribution in [-0.2, 0) is 6.42 Å². The quantitative estimate of drug-likeness (QED) is 0.756. The number of hydrogen-bond donors (Lipinski definition) is 0. The minimum absolute atomic E-state index is 0.0293. The fourth-order valence-electron chi connectivity index (χ4n) is 3.29. The summed E-state index contributed by atoms with van der Waals surface area (Å²) >= 11 is 0. The van der Waals surface area contributed by atoms with E-state index in [1.165, 1.54) is 5.56 Å². The molecule has 2 heterocycles. The largest absolute Gasteiger partial charge is 0.492 e. The minimum atomic E-state index is -0.0293. The molecule has 2 aliphatic rings. The Hall–Kier alpha value is -2.64. The first-order valence-corrected chi connectivity index (χ1v) is 8.04. The molecule has 2 aromatic carbocycles. The molecule has 4 heteroatoms. The van der Waals surface area contributed by atoms with E-state index in [0.717, 1.165) is 35.6 Å². The topological polar surface area (TPSA) is 30.9 Å². The molecule has 0 bridgehead atoms. The zero-order valence-corrected chi connectivity index (χ0v) is 13.8. The van der Waals surface area contributed by atoms with Crippen molar-refractivity contribution in [3.8, 4) is 29.1 Å². The lowest BCUT2D eigenvalue weighted by atomic mass is 9.91. The molecule has 0 aromatic heterocycles. The molecule has 24 heavy (non-hydrogen) atoms. The molecule has 0 saturated carbocycles. The second kappa shape index (κ2) is 6.10. The monoisotopic (exact) mass is 321 g/mol. The van der Waals surface area contributed by atoms with Crippen LogP contribution in [0, 0.1) is 11.8 Å². The summed E-state index contributed by atoms with van der Waals surface area (Å²) in [5.74, 6) is 8.90. The lowest BCUT2D eigenvalue weighted by Gasteiger charge is -2.32. The van der Waals surface area contributed by atoms with E-state index in [4.69, 9.17) is 14.2 Å². The second-order valence-electron chi connectivity index (χ2n) is 5.98. The molecule has 122 valence electrons. The molecule has 0 fully saturated rings. The Morgan fingerprint density at radius 1 is 1.21 bits per heavy atom. The molecular formula is C20H19NO3. The molecule has 4 nitrogen and oxygen atoms in total. The van der Waals surface area contributed by atoms with Gasteiger partial charge in [0.2, 0.25) is 12.5 Å². The van der Waals surface area contributed by atoms with Gasteiger partial charge in [-0.1, -0.05) is 30.0 Å². The van der Waals surface area contributed by atoms with Gasteiger partial charge in [0, 0.05) is 17.7 Å². The van der Waals surface area contributed by atoms with Crippen LogP contribution in [0.1, 0.15) is 22.7 Å². The van der Waals surface area contributed by atoms with Crippen LogP contribution in [0.4, 0.5) is 0 Å². The van der Waals surface area contributed by atoms with Crippen LogP contribution in [0.25, 0.3) is 0 Å². The summed E-state index contributed by atoms with van der Waals surface area (Å²) in [6, 6.07) is 12.1. The molecule has 0 amide bonds. The average Bonchev–Trinajstić information content (AvgIpc) is 3.08. The number of ether oxygens (including phenoxy) is 3. The van der Waals surface area contributed by atoms with E-state index in [1.807, 2.05) is 30.3 Å². The van der Waals surface area contributed by atoms with Crippen molar-refractivity contribution < 1.29 is 14.2 Å². The third kappa shape index (κ3) is 2.47. The third-order valence-corrected chi connectivity index (χ3v) is 4.52. The molecule has 0 unspecified atom stereocenters. The third-order valence-electron chi connectivity index (χ3n) is 4.52. The summed E-state index contributed by atoms with van der Waals surface area (Å²) in [4.78, 5) is 2.25. The molecular weight excluding hydrogens is 302 g/mol. The first kappa shape index (κ1) is 14.9.